The number of pyridine rings is 1. The smallest absolute Gasteiger partial charge is 0.213 e. The number of fused-ring (bicyclic) bond motifs is 1. The first-order valence-corrected chi connectivity index (χ1v) is 6.87. The standard InChI is InChI=1S/C17H13FN4O/c18-12-6-7-14-13(8-12)16(22-17(19)20-10-23)9-15(21-14)11-4-2-1-3-5-11/h1-10H,(H3,19,20,21,22,23). The van der Waals surface area contributed by atoms with Gasteiger partial charge in [0.15, 0.2) is 5.96 Å². The molecule has 0 aliphatic rings. The Kier molecular flexibility index (Phi) is 3.97. The summed E-state index contributed by atoms with van der Waals surface area (Å²) in [7, 11) is 0. The summed E-state index contributed by atoms with van der Waals surface area (Å²) >= 11 is 0. The van der Waals surface area contributed by atoms with Crippen molar-refractivity contribution in [2.45, 2.75) is 0 Å². The van der Waals surface area contributed by atoms with Crippen LogP contribution in [0.5, 0.6) is 0 Å². The molecule has 1 amide bonds. The number of carbonyl (C=O) groups excluding carboxylic acids is 1. The van der Waals surface area contributed by atoms with Crippen molar-refractivity contribution in [3.8, 4) is 11.3 Å². The largest absolute Gasteiger partial charge is 0.369 e. The van der Waals surface area contributed by atoms with E-state index in [0.29, 0.717) is 28.7 Å². The van der Waals surface area contributed by atoms with Crippen LogP contribution >= 0.6 is 0 Å². The molecule has 0 fully saturated rings. The van der Waals surface area contributed by atoms with E-state index in [1.54, 1.807) is 12.1 Å². The average Bonchev–Trinajstić information content (AvgIpc) is 2.56. The lowest BCUT2D eigenvalue weighted by molar-refractivity contribution is -0.108. The fourth-order valence-corrected chi connectivity index (χ4v) is 2.25. The van der Waals surface area contributed by atoms with Crippen LogP contribution in [0.1, 0.15) is 0 Å². The molecule has 0 bridgehead atoms. The number of halogens is 1. The maximum Gasteiger partial charge on any atom is 0.213 e. The van der Waals surface area contributed by atoms with Gasteiger partial charge in [0.1, 0.15) is 5.82 Å². The lowest BCUT2D eigenvalue weighted by Gasteiger charge is -2.08. The van der Waals surface area contributed by atoms with Crippen LogP contribution < -0.4 is 11.1 Å². The number of nitrogens with zero attached hydrogens (tertiary/aromatic N) is 2. The van der Waals surface area contributed by atoms with Crippen molar-refractivity contribution in [3.63, 3.8) is 0 Å². The SMILES string of the molecule is NC(=Nc1cc(-c2ccccc2)nc2ccc(F)cc12)NC=O. The first-order valence-electron chi connectivity index (χ1n) is 6.87. The van der Waals surface area contributed by atoms with E-state index < -0.39 is 5.82 Å². The van der Waals surface area contributed by atoms with Gasteiger partial charge in [0.05, 0.1) is 16.9 Å². The van der Waals surface area contributed by atoms with Crippen LogP contribution in [0.3, 0.4) is 0 Å². The second kappa shape index (κ2) is 6.23. The Morgan fingerprint density at radius 1 is 1.17 bits per heavy atom. The van der Waals surface area contributed by atoms with Gasteiger partial charge in [-0.05, 0) is 24.3 Å². The molecule has 23 heavy (non-hydrogen) atoms. The summed E-state index contributed by atoms with van der Waals surface area (Å²) in [5.41, 5.74) is 8.23. The van der Waals surface area contributed by atoms with Gasteiger partial charge in [0.2, 0.25) is 6.41 Å². The normalized spacial score (nSPS) is 11.4. The topological polar surface area (TPSA) is 80.4 Å². The van der Waals surface area contributed by atoms with Crippen molar-refractivity contribution < 1.29 is 9.18 Å². The molecule has 114 valence electrons. The summed E-state index contributed by atoms with van der Waals surface area (Å²) in [6, 6.07) is 15.5. The number of carbonyl (C=O) groups is 1. The van der Waals surface area contributed by atoms with Crippen LogP contribution in [0.15, 0.2) is 59.6 Å². The molecule has 6 heteroatoms. The minimum Gasteiger partial charge on any atom is -0.369 e. The minimum atomic E-state index is -0.398. The molecular weight excluding hydrogens is 295 g/mol. The second-order valence-electron chi connectivity index (χ2n) is 4.81. The number of nitrogens with two attached hydrogens (primary N) is 1. The van der Waals surface area contributed by atoms with Gasteiger partial charge in [0.25, 0.3) is 0 Å². The van der Waals surface area contributed by atoms with E-state index in [1.165, 1.54) is 12.1 Å². The summed E-state index contributed by atoms with van der Waals surface area (Å²) in [5.74, 6) is -0.471. The zero-order valence-electron chi connectivity index (χ0n) is 12.0. The molecule has 0 spiro atoms. The van der Waals surface area contributed by atoms with E-state index in [-0.39, 0.29) is 5.96 Å². The van der Waals surface area contributed by atoms with E-state index in [9.17, 15) is 9.18 Å². The quantitative estimate of drug-likeness (QED) is 0.443. The number of hydrogen-bond acceptors (Lipinski definition) is 3. The number of aliphatic imine (C=N–C) groups is 1. The van der Waals surface area contributed by atoms with Crippen molar-refractivity contribution in [1.29, 1.82) is 0 Å². The Hall–Kier alpha value is -3.28. The Balaban J connectivity index is 2.24. The highest BCUT2D eigenvalue weighted by molar-refractivity contribution is 5.97. The summed E-state index contributed by atoms with van der Waals surface area (Å²) in [6.45, 7) is 0. The van der Waals surface area contributed by atoms with Gasteiger partial charge < -0.3 is 5.73 Å². The molecule has 1 heterocycles. The van der Waals surface area contributed by atoms with Gasteiger partial charge >= 0.3 is 0 Å². The summed E-state index contributed by atoms with van der Waals surface area (Å²) in [4.78, 5) is 19.2. The zero-order chi connectivity index (χ0) is 16.2. The van der Waals surface area contributed by atoms with E-state index in [0.717, 1.165) is 5.56 Å². The molecule has 2 aromatic carbocycles. The van der Waals surface area contributed by atoms with Crippen LogP contribution in [-0.4, -0.2) is 17.4 Å². The molecule has 0 aliphatic carbocycles. The zero-order valence-corrected chi connectivity index (χ0v) is 12.0. The van der Waals surface area contributed by atoms with Gasteiger partial charge in [-0.3, -0.25) is 10.1 Å². The van der Waals surface area contributed by atoms with E-state index in [2.05, 4.69) is 15.3 Å². The number of aromatic nitrogens is 1. The maximum absolute atomic E-state index is 13.5. The first-order chi connectivity index (χ1) is 11.2. The van der Waals surface area contributed by atoms with Crippen LogP contribution in [-0.2, 0) is 4.79 Å². The highest BCUT2D eigenvalue weighted by atomic mass is 19.1. The summed E-state index contributed by atoms with van der Waals surface area (Å²) < 4.78 is 13.5. The number of nitrogens with one attached hydrogen (secondary N) is 1. The fraction of sp³-hybridized carbons (Fsp3) is 0. The third-order valence-electron chi connectivity index (χ3n) is 3.27. The Labute approximate surface area is 131 Å². The molecule has 0 saturated heterocycles. The maximum atomic E-state index is 13.5. The number of guanidine groups is 1. The number of rotatable bonds is 3. The van der Waals surface area contributed by atoms with Gasteiger partial charge in [-0.2, -0.15) is 0 Å². The van der Waals surface area contributed by atoms with Crippen molar-refractivity contribution in [3.05, 3.63) is 60.4 Å². The van der Waals surface area contributed by atoms with Crippen molar-refractivity contribution in [2.24, 2.45) is 10.7 Å². The molecule has 0 radical (unpaired) electrons. The molecule has 3 aromatic rings. The van der Waals surface area contributed by atoms with Gasteiger partial charge in [0, 0.05) is 10.9 Å². The molecule has 0 aliphatic heterocycles. The molecule has 5 nitrogen and oxygen atoms in total. The van der Waals surface area contributed by atoms with Gasteiger partial charge in [-0.1, -0.05) is 30.3 Å². The van der Waals surface area contributed by atoms with Crippen LogP contribution in [0.25, 0.3) is 22.2 Å². The first kappa shape index (κ1) is 14.6. The molecule has 0 saturated carbocycles. The van der Waals surface area contributed by atoms with E-state index in [4.69, 9.17) is 5.73 Å². The number of hydrogen-bond donors (Lipinski definition) is 2. The summed E-state index contributed by atoms with van der Waals surface area (Å²) in [5, 5.41) is 2.78. The van der Waals surface area contributed by atoms with Crippen molar-refractivity contribution in [1.82, 2.24) is 10.3 Å². The molecule has 0 atom stereocenters. The number of benzene rings is 2. The minimum absolute atomic E-state index is 0.0734. The van der Waals surface area contributed by atoms with E-state index >= 15 is 0 Å². The predicted molar refractivity (Wildman–Crippen MR) is 87.6 cm³/mol. The third kappa shape index (κ3) is 3.16. The lowest BCUT2D eigenvalue weighted by Crippen LogP contribution is -2.29. The highest BCUT2D eigenvalue weighted by Gasteiger charge is 2.09. The van der Waals surface area contributed by atoms with Crippen LogP contribution in [0.2, 0.25) is 0 Å². The number of amides is 1. The second-order valence-corrected chi connectivity index (χ2v) is 4.81. The van der Waals surface area contributed by atoms with Crippen LogP contribution in [0, 0.1) is 5.82 Å². The van der Waals surface area contributed by atoms with Gasteiger partial charge in [-0.25, -0.2) is 14.4 Å². The van der Waals surface area contributed by atoms with Gasteiger partial charge in [-0.15, -0.1) is 0 Å². The summed E-state index contributed by atoms with van der Waals surface area (Å²) in [6.07, 6.45) is 0.431. The highest BCUT2D eigenvalue weighted by Crippen LogP contribution is 2.30. The van der Waals surface area contributed by atoms with Crippen molar-refractivity contribution >= 4 is 29.0 Å². The monoisotopic (exact) mass is 308 g/mol. The molecule has 3 N–H and O–H groups in total. The molecule has 3 rings (SSSR count). The average molecular weight is 308 g/mol. The van der Waals surface area contributed by atoms with Crippen molar-refractivity contribution in [2.75, 3.05) is 0 Å². The Morgan fingerprint density at radius 3 is 2.70 bits per heavy atom. The molecule has 1 aromatic heterocycles. The fourth-order valence-electron chi connectivity index (χ4n) is 2.25. The Morgan fingerprint density at radius 2 is 1.96 bits per heavy atom. The van der Waals surface area contributed by atoms with E-state index in [1.807, 2.05) is 30.3 Å². The molecule has 0 unspecified atom stereocenters. The third-order valence-corrected chi connectivity index (χ3v) is 3.27. The van der Waals surface area contributed by atoms with Crippen LogP contribution in [0.4, 0.5) is 10.1 Å². The lowest BCUT2D eigenvalue weighted by atomic mass is 10.1. The Bertz CT molecular complexity index is 894. The predicted octanol–water partition coefficient (Wildman–Crippen LogP) is 2.73. The molecular formula is C17H13FN4O.